The highest BCUT2D eigenvalue weighted by Gasteiger charge is 2.52. The van der Waals surface area contributed by atoms with Gasteiger partial charge in [-0.3, -0.25) is 4.90 Å². The largest absolute Gasteiger partial charge is 0.468 e. The Labute approximate surface area is 115 Å². The van der Waals surface area contributed by atoms with E-state index in [2.05, 4.69) is 24.2 Å². The first-order valence-corrected chi connectivity index (χ1v) is 7.14. The molecule has 110 valence electrons. The average molecular weight is 270 g/mol. The number of nitrogens with zero attached hydrogens (tertiary/aromatic N) is 1. The molecule has 0 bridgehead atoms. The van der Waals surface area contributed by atoms with Crippen molar-refractivity contribution in [3.63, 3.8) is 0 Å². The molecule has 5 nitrogen and oxygen atoms in total. The van der Waals surface area contributed by atoms with E-state index in [0.717, 1.165) is 25.9 Å². The predicted molar refractivity (Wildman–Crippen MR) is 73.0 cm³/mol. The highest BCUT2D eigenvalue weighted by Crippen LogP contribution is 2.41. The fourth-order valence-electron chi connectivity index (χ4n) is 3.31. The summed E-state index contributed by atoms with van der Waals surface area (Å²) in [5, 5.41) is 3.24. The molecule has 1 saturated carbocycles. The Bertz CT molecular complexity index is 333. The maximum Gasteiger partial charge on any atom is 0.327 e. The van der Waals surface area contributed by atoms with Crippen molar-refractivity contribution in [3.8, 4) is 0 Å². The highest BCUT2D eigenvalue weighted by molar-refractivity contribution is 5.82. The SMILES string of the molecule is CNC(CN(C)C1CCOC1C)(C(=O)OC)C1CC1. The second kappa shape index (κ2) is 5.77. The molecular formula is C14H26N2O3. The van der Waals surface area contributed by atoms with Gasteiger partial charge in [0.15, 0.2) is 0 Å². The second-order valence-corrected chi connectivity index (χ2v) is 5.83. The molecule has 0 aromatic rings. The van der Waals surface area contributed by atoms with Gasteiger partial charge in [0, 0.05) is 19.2 Å². The quantitative estimate of drug-likeness (QED) is 0.718. The molecule has 1 aliphatic carbocycles. The average Bonchev–Trinajstić information content (AvgIpc) is 3.17. The van der Waals surface area contributed by atoms with Crippen molar-refractivity contribution in [3.05, 3.63) is 0 Å². The topological polar surface area (TPSA) is 50.8 Å². The molecule has 0 aromatic carbocycles. The lowest BCUT2D eigenvalue weighted by molar-refractivity contribution is -0.150. The Morgan fingerprint density at radius 3 is 2.58 bits per heavy atom. The standard InChI is InChI=1S/C14H26N2O3/c1-10-12(7-8-19-10)16(3)9-14(15-2,11-5-6-11)13(17)18-4/h10-12,15H,5-9H2,1-4H3. The molecule has 1 N–H and O–H groups in total. The smallest absolute Gasteiger partial charge is 0.327 e. The number of hydrogen-bond acceptors (Lipinski definition) is 5. The van der Waals surface area contributed by atoms with E-state index < -0.39 is 5.54 Å². The highest BCUT2D eigenvalue weighted by atomic mass is 16.5. The van der Waals surface area contributed by atoms with E-state index in [4.69, 9.17) is 9.47 Å². The minimum absolute atomic E-state index is 0.143. The first kappa shape index (κ1) is 14.8. The van der Waals surface area contributed by atoms with E-state index in [9.17, 15) is 4.79 Å². The summed E-state index contributed by atoms with van der Waals surface area (Å²) in [5.74, 6) is 0.251. The number of esters is 1. The number of carbonyl (C=O) groups is 1. The zero-order valence-electron chi connectivity index (χ0n) is 12.4. The third kappa shape index (κ3) is 2.78. The van der Waals surface area contributed by atoms with Crippen LogP contribution in [0.4, 0.5) is 0 Å². The van der Waals surface area contributed by atoms with Crippen LogP contribution in [0.1, 0.15) is 26.2 Å². The number of rotatable bonds is 6. The van der Waals surface area contributed by atoms with Crippen LogP contribution >= 0.6 is 0 Å². The van der Waals surface area contributed by atoms with Crippen LogP contribution in [0.3, 0.4) is 0 Å². The lowest BCUT2D eigenvalue weighted by atomic mass is 9.91. The van der Waals surface area contributed by atoms with Gasteiger partial charge in [-0.05, 0) is 46.2 Å². The molecule has 19 heavy (non-hydrogen) atoms. The second-order valence-electron chi connectivity index (χ2n) is 5.83. The van der Waals surface area contributed by atoms with E-state index >= 15 is 0 Å². The molecule has 1 aliphatic heterocycles. The summed E-state index contributed by atoms with van der Waals surface area (Å²) in [5.41, 5.74) is -0.564. The lowest BCUT2D eigenvalue weighted by Crippen LogP contribution is -2.61. The monoisotopic (exact) mass is 270 g/mol. The minimum atomic E-state index is -0.564. The Kier molecular flexibility index (Phi) is 4.48. The summed E-state index contributed by atoms with van der Waals surface area (Å²) in [6, 6.07) is 0.385. The van der Waals surface area contributed by atoms with Crippen molar-refractivity contribution in [2.45, 2.75) is 43.9 Å². The molecule has 3 unspecified atom stereocenters. The van der Waals surface area contributed by atoms with Crippen molar-refractivity contribution in [1.82, 2.24) is 10.2 Å². The molecule has 0 spiro atoms. The number of ether oxygens (including phenoxy) is 2. The maximum absolute atomic E-state index is 12.2. The molecule has 1 saturated heterocycles. The van der Waals surface area contributed by atoms with Crippen LogP contribution < -0.4 is 5.32 Å². The third-order valence-corrected chi connectivity index (χ3v) is 4.67. The summed E-state index contributed by atoms with van der Waals surface area (Å²) in [4.78, 5) is 14.5. The first-order chi connectivity index (χ1) is 9.05. The third-order valence-electron chi connectivity index (χ3n) is 4.67. The first-order valence-electron chi connectivity index (χ1n) is 7.14. The maximum atomic E-state index is 12.2. The van der Waals surface area contributed by atoms with Gasteiger partial charge in [-0.2, -0.15) is 0 Å². The van der Waals surface area contributed by atoms with E-state index in [1.807, 2.05) is 7.05 Å². The van der Waals surface area contributed by atoms with Gasteiger partial charge in [0.1, 0.15) is 5.54 Å². The van der Waals surface area contributed by atoms with Gasteiger partial charge in [-0.1, -0.05) is 0 Å². The predicted octanol–water partition coefficient (Wildman–Crippen LogP) is 0.637. The van der Waals surface area contributed by atoms with Gasteiger partial charge in [0.05, 0.1) is 13.2 Å². The Hall–Kier alpha value is -0.650. The van der Waals surface area contributed by atoms with E-state index in [1.54, 1.807) is 0 Å². The van der Waals surface area contributed by atoms with Gasteiger partial charge in [0.25, 0.3) is 0 Å². The number of nitrogens with one attached hydrogen (secondary N) is 1. The fourth-order valence-corrected chi connectivity index (χ4v) is 3.31. The van der Waals surface area contributed by atoms with Crippen molar-refractivity contribution >= 4 is 5.97 Å². The Morgan fingerprint density at radius 2 is 2.16 bits per heavy atom. The molecular weight excluding hydrogens is 244 g/mol. The van der Waals surface area contributed by atoms with Crippen LogP contribution in [0.2, 0.25) is 0 Å². The lowest BCUT2D eigenvalue weighted by Gasteiger charge is -2.37. The molecule has 1 heterocycles. The van der Waals surface area contributed by atoms with Gasteiger partial charge >= 0.3 is 5.97 Å². The normalized spacial score (nSPS) is 30.4. The molecule has 0 amide bonds. The molecule has 0 aromatic heterocycles. The van der Waals surface area contributed by atoms with Crippen molar-refractivity contribution in [2.75, 3.05) is 34.4 Å². The molecule has 3 atom stereocenters. The van der Waals surface area contributed by atoms with Gasteiger partial charge in [-0.25, -0.2) is 4.79 Å². The molecule has 2 fully saturated rings. The van der Waals surface area contributed by atoms with Gasteiger partial charge in [-0.15, -0.1) is 0 Å². The van der Waals surface area contributed by atoms with Crippen LogP contribution in [0.25, 0.3) is 0 Å². The molecule has 2 aliphatic rings. The van der Waals surface area contributed by atoms with Crippen molar-refractivity contribution in [1.29, 1.82) is 0 Å². The molecule has 0 radical (unpaired) electrons. The zero-order valence-corrected chi connectivity index (χ0v) is 12.4. The Morgan fingerprint density at radius 1 is 1.47 bits per heavy atom. The number of hydrogen-bond donors (Lipinski definition) is 1. The van der Waals surface area contributed by atoms with Crippen LogP contribution in [0.15, 0.2) is 0 Å². The van der Waals surface area contributed by atoms with E-state index in [0.29, 0.717) is 18.5 Å². The van der Waals surface area contributed by atoms with Crippen molar-refractivity contribution in [2.24, 2.45) is 5.92 Å². The summed E-state index contributed by atoms with van der Waals surface area (Å²) < 4.78 is 10.7. The van der Waals surface area contributed by atoms with Crippen LogP contribution in [-0.2, 0) is 14.3 Å². The fraction of sp³-hybridized carbons (Fsp3) is 0.929. The molecule has 5 heteroatoms. The zero-order chi connectivity index (χ0) is 14.0. The van der Waals surface area contributed by atoms with Crippen molar-refractivity contribution < 1.29 is 14.3 Å². The van der Waals surface area contributed by atoms with E-state index in [1.165, 1.54) is 7.11 Å². The van der Waals surface area contributed by atoms with E-state index in [-0.39, 0.29) is 12.1 Å². The summed E-state index contributed by atoms with van der Waals surface area (Å²) in [7, 11) is 5.41. The summed E-state index contributed by atoms with van der Waals surface area (Å²) >= 11 is 0. The van der Waals surface area contributed by atoms with Crippen LogP contribution in [0, 0.1) is 5.92 Å². The number of methoxy groups -OCH3 is 1. The van der Waals surface area contributed by atoms with Crippen LogP contribution in [-0.4, -0.2) is 62.9 Å². The number of carbonyl (C=O) groups excluding carboxylic acids is 1. The van der Waals surface area contributed by atoms with Gasteiger partial charge < -0.3 is 14.8 Å². The van der Waals surface area contributed by atoms with Crippen LogP contribution in [0.5, 0.6) is 0 Å². The Balaban J connectivity index is 2.09. The van der Waals surface area contributed by atoms with Gasteiger partial charge in [0.2, 0.25) is 0 Å². The minimum Gasteiger partial charge on any atom is -0.468 e. The summed E-state index contributed by atoms with van der Waals surface area (Å²) in [6.07, 6.45) is 3.46. The number of likely N-dealkylation sites (N-methyl/N-ethyl adjacent to an activating group) is 2. The molecule has 2 rings (SSSR count). The summed E-state index contributed by atoms with van der Waals surface area (Å²) in [6.45, 7) is 3.59.